The van der Waals surface area contributed by atoms with Gasteiger partial charge in [-0.25, -0.2) is 0 Å². The van der Waals surface area contributed by atoms with E-state index in [1.165, 1.54) is 0 Å². The van der Waals surface area contributed by atoms with Crippen LogP contribution < -0.4 is 5.32 Å². The molecule has 1 unspecified atom stereocenters. The van der Waals surface area contributed by atoms with Crippen LogP contribution in [0.3, 0.4) is 0 Å². The number of aromatic nitrogens is 2. The largest absolute Gasteiger partial charge is 0.393 e. The quantitative estimate of drug-likeness (QED) is 0.849. The summed E-state index contributed by atoms with van der Waals surface area (Å²) in [4.78, 5) is 0. The molecule has 0 radical (unpaired) electrons. The smallest absolute Gasteiger partial charge is 0.156 e. The molecule has 96 valence electrons. The van der Waals surface area contributed by atoms with Gasteiger partial charge in [0.15, 0.2) is 5.82 Å². The van der Waals surface area contributed by atoms with Crippen LogP contribution in [0.4, 0.5) is 5.82 Å². The van der Waals surface area contributed by atoms with Gasteiger partial charge < -0.3 is 10.4 Å². The summed E-state index contributed by atoms with van der Waals surface area (Å²) in [6, 6.07) is 8.08. The zero-order chi connectivity index (χ0) is 13.0. The van der Waals surface area contributed by atoms with Crippen molar-refractivity contribution in [2.75, 3.05) is 11.9 Å². The Morgan fingerprint density at radius 1 is 1.22 bits per heavy atom. The molecule has 2 N–H and O–H groups in total. The highest BCUT2D eigenvalue weighted by Crippen LogP contribution is 2.22. The van der Waals surface area contributed by atoms with E-state index < -0.39 is 0 Å². The third kappa shape index (κ3) is 2.76. The number of hydrogen-bond donors (Lipinski definition) is 2. The van der Waals surface area contributed by atoms with Crippen molar-refractivity contribution in [3.8, 4) is 0 Å². The number of benzene rings is 1. The summed E-state index contributed by atoms with van der Waals surface area (Å²) < 4.78 is 0. The zero-order valence-corrected chi connectivity index (χ0v) is 10.8. The summed E-state index contributed by atoms with van der Waals surface area (Å²) in [6.07, 6.45) is 1.25. The van der Waals surface area contributed by atoms with Crippen molar-refractivity contribution in [1.82, 2.24) is 10.2 Å². The third-order valence-electron chi connectivity index (χ3n) is 3.11. The van der Waals surface area contributed by atoms with Crippen molar-refractivity contribution in [1.29, 1.82) is 0 Å². The van der Waals surface area contributed by atoms with Crippen LogP contribution in [0.5, 0.6) is 0 Å². The van der Waals surface area contributed by atoms with Crippen molar-refractivity contribution in [3.05, 3.63) is 30.0 Å². The van der Waals surface area contributed by atoms with Crippen LogP contribution in [0, 0.1) is 6.92 Å². The minimum atomic E-state index is -0.248. The number of anilines is 1. The Hall–Kier alpha value is -1.68. The predicted octanol–water partition coefficient (Wildman–Crippen LogP) is 2.51. The molecule has 2 aromatic rings. The molecule has 0 amide bonds. The second-order valence-corrected chi connectivity index (χ2v) is 4.46. The second-order valence-electron chi connectivity index (χ2n) is 4.46. The fourth-order valence-corrected chi connectivity index (χ4v) is 1.93. The van der Waals surface area contributed by atoms with E-state index in [2.05, 4.69) is 15.5 Å². The first-order valence-electron chi connectivity index (χ1n) is 6.36. The Bertz CT molecular complexity index is 527. The lowest BCUT2D eigenvalue weighted by molar-refractivity contribution is 0.164. The molecule has 0 aliphatic carbocycles. The molecule has 4 heteroatoms. The molecule has 0 aliphatic heterocycles. The highest BCUT2D eigenvalue weighted by atomic mass is 16.3. The Kier molecular flexibility index (Phi) is 4.10. The van der Waals surface area contributed by atoms with E-state index in [4.69, 9.17) is 0 Å². The first-order chi connectivity index (χ1) is 8.72. The molecule has 0 saturated carbocycles. The van der Waals surface area contributed by atoms with Crippen LogP contribution in [-0.4, -0.2) is 28.0 Å². The normalized spacial score (nSPS) is 12.6. The molecular weight excluding hydrogens is 226 g/mol. The molecule has 1 aromatic heterocycles. The highest BCUT2D eigenvalue weighted by molar-refractivity contribution is 5.92. The predicted molar refractivity (Wildman–Crippen MR) is 73.7 cm³/mol. The fourth-order valence-electron chi connectivity index (χ4n) is 1.93. The number of aryl methyl sites for hydroxylation is 1. The number of hydrogen-bond acceptors (Lipinski definition) is 4. The molecule has 2 rings (SSSR count). The van der Waals surface area contributed by atoms with E-state index in [0.29, 0.717) is 6.54 Å². The van der Waals surface area contributed by atoms with Crippen LogP contribution in [0.1, 0.15) is 25.5 Å². The Morgan fingerprint density at radius 3 is 2.67 bits per heavy atom. The van der Waals surface area contributed by atoms with Gasteiger partial charge in [0.1, 0.15) is 0 Å². The average Bonchev–Trinajstić information content (AvgIpc) is 2.41. The van der Waals surface area contributed by atoms with Crippen LogP contribution in [-0.2, 0) is 0 Å². The van der Waals surface area contributed by atoms with Crippen molar-refractivity contribution >= 4 is 16.6 Å². The van der Waals surface area contributed by atoms with E-state index in [-0.39, 0.29) is 6.10 Å². The van der Waals surface area contributed by atoms with Gasteiger partial charge in [-0.05, 0) is 19.8 Å². The van der Waals surface area contributed by atoms with E-state index in [0.717, 1.165) is 35.1 Å². The van der Waals surface area contributed by atoms with Crippen LogP contribution in [0.25, 0.3) is 10.8 Å². The van der Waals surface area contributed by atoms with Crippen molar-refractivity contribution < 1.29 is 5.11 Å². The third-order valence-corrected chi connectivity index (χ3v) is 3.11. The molecule has 1 aromatic carbocycles. The number of aliphatic hydroxyl groups is 1. The summed E-state index contributed by atoms with van der Waals surface area (Å²) in [5.74, 6) is 0.791. The lowest BCUT2D eigenvalue weighted by Gasteiger charge is -2.11. The zero-order valence-electron chi connectivity index (χ0n) is 10.8. The molecular formula is C14H19N3O. The Morgan fingerprint density at radius 2 is 1.94 bits per heavy atom. The molecule has 0 spiro atoms. The molecule has 4 nitrogen and oxygen atoms in total. The highest BCUT2D eigenvalue weighted by Gasteiger charge is 2.06. The number of nitrogens with one attached hydrogen (secondary N) is 1. The summed E-state index contributed by atoms with van der Waals surface area (Å²) in [6.45, 7) is 4.64. The van der Waals surface area contributed by atoms with E-state index in [1.54, 1.807) is 0 Å². The number of rotatable bonds is 5. The van der Waals surface area contributed by atoms with Gasteiger partial charge in [0.2, 0.25) is 0 Å². The van der Waals surface area contributed by atoms with Crippen LogP contribution in [0.2, 0.25) is 0 Å². The second kappa shape index (κ2) is 5.78. The fraction of sp³-hybridized carbons (Fsp3) is 0.429. The number of fused-ring (bicyclic) bond motifs is 1. The lowest BCUT2D eigenvalue weighted by atomic mass is 10.1. The van der Waals surface area contributed by atoms with Gasteiger partial charge in [0.25, 0.3) is 0 Å². The van der Waals surface area contributed by atoms with Gasteiger partial charge in [-0.2, -0.15) is 5.10 Å². The van der Waals surface area contributed by atoms with Crippen LogP contribution >= 0.6 is 0 Å². The van der Waals surface area contributed by atoms with Crippen molar-refractivity contribution in [2.24, 2.45) is 0 Å². The maximum absolute atomic E-state index is 9.52. The maximum Gasteiger partial charge on any atom is 0.156 e. The van der Waals surface area contributed by atoms with E-state index in [9.17, 15) is 5.11 Å². The minimum Gasteiger partial charge on any atom is -0.393 e. The summed E-state index contributed by atoms with van der Waals surface area (Å²) in [5.41, 5.74) is 0.935. The molecule has 0 aliphatic rings. The number of aliphatic hydroxyl groups excluding tert-OH is 1. The summed E-state index contributed by atoms with van der Waals surface area (Å²) in [5, 5.41) is 23.3. The first-order valence-corrected chi connectivity index (χ1v) is 6.36. The Labute approximate surface area is 107 Å². The Balaban J connectivity index is 2.16. The van der Waals surface area contributed by atoms with E-state index in [1.807, 2.05) is 38.1 Å². The standard InChI is InChI=1S/C14H19N3O/c1-3-11(18)8-9-15-14-13-7-5-4-6-12(13)10(2)16-17-14/h4-7,11,18H,3,8-9H2,1-2H3,(H,15,17). The monoisotopic (exact) mass is 245 g/mol. The topological polar surface area (TPSA) is 58.0 Å². The SMILES string of the molecule is CCC(O)CCNc1nnc(C)c2ccccc12. The van der Waals surface area contributed by atoms with Gasteiger partial charge in [-0.15, -0.1) is 5.10 Å². The molecule has 18 heavy (non-hydrogen) atoms. The lowest BCUT2D eigenvalue weighted by Crippen LogP contribution is -2.13. The average molecular weight is 245 g/mol. The van der Waals surface area contributed by atoms with Crippen LogP contribution in [0.15, 0.2) is 24.3 Å². The molecule has 0 saturated heterocycles. The summed E-state index contributed by atoms with van der Waals surface area (Å²) >= 11 is 0. The molecule has 0 bridgehead atoms. The first kappa shape index (κ1) is 12.8. The van der Waals surface area contributed by atoms with Gasteiger partial charge in [-0.1, -0.05) is 31.2 Å². The van der Waals surface area contributed by atoms with E-state index >= 15 is 0 Å². The maximum atomic E-state index is 9.52. The van der Waals surface area contributed by atoms with Gasteiger partial charge in [0.05, 0.1) is 11.8 Å². The van der Waals surface area contributed by atoms with Gasteiger partial charge in [-0.3, -0.25) is 0 Å². The number of nitrogens with zero attached hydrogens (tertiary/aromatic N) is 2. The minimum absolute atomic E-state index is 0.248. The summed E-state index contributed by atoms with van der Waals surface area (Å²) in [7, 11) is 0. The molecule has 1 heterocycles. The molecule has 0 fully saturated rings. The van der Waals surface area contributed by atoms with Crippen molar-refractivity contribution in [3.63, 3.8) is 0 Å². The van der Waals surface area contributed by atoms with Gasteiger partial charge in [0, 0.05) is 17.3 Å². The molecule has 1 atom stereocenters. The van der Waals surface area contributed by atoms with Crippen molar-refractivity contribution in [2.45, 2.75) is 32.8 Å². The van der Waals surface area contributed by atoms with Gasteiger partial charge >= 0.3 is 0 Å².